The molecule has 0 aliphatic rings. The molecule has 1 aromatic heterocycles. The highest BCUT2D eigenvalue weighted by atomic mass is 35.5. The van der Waals surface area contributed by atoms with E-state index in [1.54, 1.807) is 6.20 Å². The second kappa shape index (κ2) is 8.04. The first-order valence-corrected chi connectivity index (χ1v) is 8.81. The van der Waals surface area contributed by atoms with Gasteiger partial charge in [0.1, 0.15) is 0 Å². The fourth-order valence-electron chi connectivity index (χ4n) is 2.24. The summed E-state index contributed by atoms with van der Waals surface area (Å²) in [6, 6.07) is 17.1. The van der Waals surface area contributed by atoms with Gasteiger partial charge in [-0.3, -0.25) is 9.48 Å². The Labute approximate surface area is 149 Å². The average molecular weight is 358 g/mol. The highest BCUT2D eigenvalue weighted by molar-refractivity contribution is 8.00. The Balaban J connectivity index is 1.63. The van der Waals surface area contributed by atoms with Gasteiger partial charge in [0.15, 0.2) is 0 Å². The molecule has 0 aliphatic heterocycles. The smallest absolute Gasteiger partial charge is 0.234 e. The van der Waals surface area contributed by atoms with Crippen molar-refractivity contribution in [3.05, 3.63) is 77.6 Å². The molecule has 0 fully saturated rings. The molecule has 0 atom stereocenters. The van der Waals surface area contributed by atoms with Crippen molar-refractivity contribution in [3.8, 4) is 0 Å². The topological polar surface area (TPSA) is 46.9 Å². The van der Waals surface area contributed by atoms with E-state index in [1.165, 1.54) is 11.8 Å². The fourth-order valence-corrected chi connectivity index (χ4v) is 3.28. The van der Waals surface area contributed by atoms with Gasteiger partial charge in [-0.05, 0) is 29.8 Å². The molecular formula is C18H16ClN3OS. The molecule has 1 amide bonds. The van der Waals surface area contributed by atoms with Crippen LogP contribution in [0.3, 0.4) is 0 Å². The number of rotatable bonds is 6. The maximum Gasteiger partial charge on any atom is 0.234 e. The monoisotopic (exact) mass is 357 g/mol. The van der Waals surface area contributed by atoms with E-state index in [1.807, 2.05) is 65.5 Å². The predicted octanol–water partition coefficient (Wildman–Crippen LogP) is 4.32. The maximum atomic E-state index is 12.3. The van der Waals surface area contributed by atoms with Crippen molar-refractivity contribution >= 4 is 35.0 Å². The van der Waals surface area contributed by atoms with Crippen LogP contribution in [0.1, 0.15) is 5.56 Å². The normalized spacial score (nSPS) is 10.5. The Hall–Kier alpha value is -2.24. The van der Waals surface area contributed by atoms with Crippen molar-refractivity contribution in [2.45, 2.75) is 11.4 Å². The molecule has 2 aromatic carbocycles. The molecule has 0 bridgehead atoms. The van der Waals surface area contributed by atoms with Crippen LogP contribution in [0.4, 0.5) is 5.69 Å². The van der Waals surface area contributed by atoms with E-state index in [4.69, 9.17) is 11.6 Å². The number of amides is 1. The van der Waals surface area contributed by atoms with Gasteiger partial charge in [0, 0.05) is 23.0 Å². The van der Waals surface area contributed by atoms with Crippen molar-refractivity contribution in [3.63, 3.8) is 0 Å². The summed E-state index contributed by atoms with van der Waals surface area (Å²) in [5.41, 5.74) is 1.81. The van der Waals surface area contributed by atoms with Gasteiger partial charge in [-0.2, -0.15) is 5.10 Å². The summed E-state index contributed by atoms with van der Waals surface area (Å²) >= 11 is 7.53. The molecule has 24 heavy (non-hydrogen) atoms. The Morgan fingerprint density at radius 1 is 1.12 bits per heavy atom. The molecule has 122 valence electrons. The van der Waals surface area contributed by atoms with Gasteiger partial charge >= 0.3 is 0 Å². The quantitative estimate of drug-likeness (QED) is 0.668. The van der Waals surface area contributed by atoms with E-state index in [2.05, 4.69) is 10.4 Å². The summed E-state index contributed by atoms with van der Waals surface area (Å²) in [7, 11) is 0. The Morgan fingerprint density at radius 2 is 1.92 bits per heavy atom. The zero-order valence-corrected chi connectivity index (χ0v) is 14.4. The summed E-state index contributed by atoms with van der Waals surface area (Å²) in [6.45, 7) is 0.612. The van der Waals surface area contributed by atoms with Crippen LogP contribution in [0.25, 0.3) is 0 Å². The van der Waals surface area contributed by atoms with E-state index in [9.17, 15) is 4.79 Å². The molecule has 6 heteroatoms. The first kappa shape index (κ1) is 16.6. The Kier molecular flexibility index (Phi) is 5.56. The van der Waals surface area contributed by atoms with E-state index in [0.29, 0.717) is 17.3 Å². The Bertz CT molecular complexity index is 821. The van der Waals surface area contributed by atoms with Gasteiger partial charge < -0.3 is 5.32 Å². The second-order valence-corrected chi connectivity index (χ2v) is 6.55. The van der Waals surface area contributed by atoms with Gasteiger partial charge in [0.25, 0.3) is 0 Å². The highest BCUT2D eigenvalue weighted by Gasteiger charge is 2.09. The number of hydrogen-bond acceptors (Lipinski definition) is 3. The highest BCUT2D eigenvalue weighted by Crippen LogP contribution is 2.26. The molecule has 1 N–H and O–H groups in total. The molecule has 0 saturated carbocycles. The average Bonchev–Trinajstić information content (AvgIpc) is 3.09. The molecule has 3 aromatic rings. The predicted molar refractivity (Wildman–Crippen MR) is 98.6 cm³/mol. The number of aromatic nitrogens is 2. The van der Waals surface area contributed by atoms with Gasteiger partial charge in [0.2, 0.25) is 5.91 Å². The van der Waals surface area contributed by atoms with Crippen molar-refractivity contribution in [2.75, 3.05) is 11.1 Å². The standard InChI is InChI=1S/C18H16ClN3OS/c19-15-7-2-4-9-17(15)24-13-18(23)21-16-8-3-1-6-14(16)12-22-11-5-10-20-22/h1-11H,12-13H2,(H,21,23). The van der Waals surface area contributed by atoms with Crippen LogP contribution in [-0.4, -0.2) is 21.4 Å². The van der Waals surface area contributed by atoms with E-state index in [-0.39, 0.29) is 5.91 Å². The van der Waals surface area contributed by atoms with Crippen LogP contribution in [0.5, 0.6) is 0 Å². The summed E-state index contributed by atoms with van der Waals surface area (Å²) in [4.78, 5) is 13.2. The maximum absolute atomic E-state index is 12.3. The number of thioether (sulfide) groups is 1. The molecule has 0 spiro atoms. The van der Waals surface area contributed by atoms with Crippen LogP contribution >= 0.6 is 23.4 Å². The fraction of sp³-hybridized carbons (Fsp3) is 0.111. The molecular weight excluding hydrogens is 342 g/mol. The summed E-state index contributed by atoms with van der Waals surface area (Å²) in [5, 5.41) is 7.83. The number of hydrogen-bond donors (Lipinski definition) is 1. The minimum Gasteiger partial charge on any atom is -0.325 e. The molecule has 4 nitrogen and oxygen atoms in total. The number of carbonyl (C=O) groups is 1. The lowest BCUT2D eigenvalue weighted by atomic mass is 10.2. The minimum atomic E-state index is -0.0622. The third-order valence-corrected chi connectivity index (χ3v) is 4.89. The second-order valence-electron chi connectivity index (χ2n) is 5.13. The molecule has 3 rings (SSSR count). The van der Waals surface area contributed by atoms with Gasteiger partial charge in [0.05, 0.1) is 17.3 Å². The number of anilines is 1. The van der Waals surface area contributed by atoms with Crippen molar-refractivity contribution in [1.82, 2.24) is 9.78 Å². The lowest BCUT2D eigenvalue weighted by Gasteiger charge is -2.11. The largest absolute Gasteiger partial charge is 0.325 e. The first-order chi connectivity index (χ1) is 11.7. The van der Waals surface area contributed by atoms with E-state index < -0.39 is 0 Å². The summed E-state index contributed by atoms with van der Waals surface area (Å²) in [6.07, 6.45) is 3.63. The first-order valence-electron chi connectivity index (χ1n) is 7.45. The van der Waals surface area contributed by atoms with Crippen molar-refractivity contribution in [1.29, 1.82) is 0 Å². The SMILES string of the molecule is O=C(CSc1ccccc1Cl)Nc1ccccc1Cn1cccn1. The van der Waals surface area contributed by atoms with E-state index in [0.717, 1.165) is 16.1 Å². The van der Waals surface area contributed by atoms with Crippen LogP contribution in [-0.2, 0) is 11.3 Å². The number of nitrogens with one attached hydrogen (secondary N) is 1. The minimum absolute atomic E-state index is 0.0622. The number of nitrogens with zero attached hydrogens (tertiary/aromatic N) is 2. The number of carbonyl (C=O) groups excluding carboxylic acids is 1. The lowest BCUT2D eigenvalue weighted by molar-refractivity contribution is -0.113. The van der Waals surface area contributed by atoms with Crippen LogP contribution < -0.4 is 5.32 Å². The number of halogens is 1. The Morgan fingerprint density at radius 3 is 2.71 bits per heavy atom. The summed E-state index contributed by atoms with van der Waals surface area (Å²) < 4.78 is 1.82. The van der Waals surface area contributed by atoms with Crippen molar-refractivity contribution in [2.24, 2.45) is 0 Å². The number of para-hydroxylation sites is 1. The van der Waals surface area contributed by atoms with Gasteiger partial charge in [-0.15, -0.1) is 11.8 Å². The molecule has 0 unspecified atom stereocenters. The molecule has 1 heterocycles. The molecule has 0 saturated heterocycles. The van der Waals surface area contributed by atoms with Gasteiger partial charge in [-0.1, -0.05) is 41.9 Å². The van der Waals surface area contributed by atoms with E-state index >= 15 is 0 Å². The van der Waals surface area contributed by atoms with Gasteiger partial charge in [-0.25, -0.2) is 0 Å². The summed E-state index contributed by atoms with van der Waals surface area (Å²) in [5.74, 6) is 0.243. The molecule has 0 radical (unpaired) electrons. The third kappa shape index (κ3) is 4.40. The van der Waals surface area contributed by atoms with Crippen LogP contribution in [0.15, 0.2) is 71.9 Å². The zero-order chi connectivity index (χ0) is 16.8. The van der Waals surface area contributed by atoms with Crippen LogP contribution in [0, 0.1) is 0 Å². The van der Waals surface area contributed by atoms with Crippen LogP contribution in [0.2, 0.25) is 5.02 Å². The lowest BCUT2D eigenvalue weighted by Crippen LogP contribution is -2.16. The molecule has 0 aliphatic carbocycles. The zero-order valence-electron chi connectivity index (χ0n) is 12.9. The third-order valence-electron chi connectivity index (χ3n) is 3.38. The number of benzene rings is 2. The van der Waals surface area contributed by atoms with Crippen molar-refractivity contribution < 1.29 is 4.79 Å².